The minimum atomic E-state index is -0.0959. The van der Waals surface area contributed by atoms with Crippen molar-refractivity contribution >= 4 is 11.9 Å². The second-order valence-electron chi connectivity index (χ2n) is 6.93. The zero-order chi connectivity index (χ0) is 16.4. The van der Waals surface area contributed by atoms with Gasteiger partial charge in [0.1, 0.15) is 6.61 Å². The zero-order valence-corrected chi connectivity index (χ0v) is 13.8. The molecular weight excluding hydrogens is 292 g/mol. The Morgan fingerprint density at radius 1 is 0.957 bits per heavy atom. The van der Waals surface area contributed by atoms with E-state index in [1.807, 2.05) is 24.3 Å². The Morgan fingerprint density at radius 3 is 2.04 bits per heavy atom. The van der Waals surface area contributed by atoms with Gasteiger partial charge in [0.15, 0.2) is 0 Å². The van der Waals surface area contributed by atoms with E-state index in [4.69, 9.17) is 9.47 Å². The van der Waals surface area contributed by atoms with Crippen molar-refractivity contribution in [2.24, 2.45) is 23.7 Å². The van der Waals surface area contributed by atoms with E-state index >= 15 is 0 Å². The largest absolute Gasteiger partial charge is 0.465 e. The van der Waals surface area contributed by atoms with Gasteiger partial charge in [-0.15, -0.1) is 0 Å². The number of carbonyl (C=O) groups is 2. The molecule has 0 N–H and O–H groups in total. The molecule has 1 aromatic carbocycles. The summed E-state index contributed by atoms with van der Waals surface area (Å²) in [5.41, 5.74) is 2.06. The van der Waals surface area contributed by atoms with Gasteiger partial charge in [0, 0.05) is 6.42 Å². The topological polar surface area (TPSA) is 52.6 Å². The lowest BCUT2D eigenvalue weighted by atomic mass is 10.1. The van der Waals surface area contributed by atoms with Crippen molar-refractivity contribution in [2.75, 3.05) is 6.61 Å². The van der Waals surface area contributed by atoms with E-state index < -0.39 is 0 Å². The van der Waals surface area contributed by atoms with Crippen LogP contribution in [0.4, 0.5) is 0 Å². The van der Waals surface area contributed by atoms with Gasteiger partial charge in [-0.05, 0) is 35.8 Å². The van der Waals surface area contributed by atoms with Crippen LogP contribution < -0.4 is 0 Å². The highest BCUT2D eigenvalue weighted by atomic mass is 16.5. The summed E-state index contributed by atoms with van der Waals surface area (Å²) in [6.07, 6.45) is 2.54. The minimum Gasteiger partial charge on any atom is -0.465 e. The van der Waals surface area contributed by atoms with Crippen LogP contribution in [-0.4, -0.2) is 18.5 Å². The highest BCUT2D eigenvalue weighted by Gasteiger charge is 2.41. The molecule has 0 spiro atoms. The number of hydrogen-bond donors (Lipinski definition) is 0. The maximum absolute atomic E-state index is 11.8. The number of hydrogen-bond acceptors (Lipinski definition) is 4. The summed E-state index contributed by atoms with van der Waals surface area (Å²) < 4.78 is 10.7. The lowest BCUT2D eigenvalue weighted by Crippen LogP contribution is -2.12. The average molecular weight is 316 g/mol. The second-order valence-corrected chi connectivity index (χ2v) is 6.93. The van der Waals surface area contributed by atoms with Crippen LogP contribution in [0.1, 0.15) is 37.8 Å². The molecule has 2 aliphatic carbocycles. The molecule has 4 nitrogen and oxygen atoms in total. The first-order chi connectivity index (χ1) is 11.1. The van der Waals surface area contributed by atoms with Crippen molar-refractivity contribution in [3.8, 4) is 0 Å². The number of ether oxygens (including phenoxy) is 2. The Kier molecular flexibility index (Phi) is 4.69. The Balaban J connectivity index is 1.47. The molecule has 2 saturated carbocycles. The molecule has 0 aliphatic heterocycles. The van der Waals surface area contributed by atoms with Gasteiger partial charge < -0.3 is 9.47 Å². The molecule has 0 bridgehead atoms. The fourth-order valence-corrected chi connectivity index (χ4v) is 2.87. The van der Waals surface area contributed by atoms with Crippen LogP contribution in [-0.2, 0) is 32.1 Å². The van der Waals surface area contributed by atoms with E-state index in [1.54, 1.807) is 0 Å². The van der Waals surface area contributed by atoms with Gasteiger partial charge in [-0.25, -0.2) is 0 Å². The maximum atomic E-state index is 11.8. The molecule has 1 aromatic rings. The fraction of sp³-hybridized carbons (Fsp3) is 0.579. The zero-order valence-electron chi connectivity index (χ0n) is 13.8. The van der Waals surface area contributed by atoms with Crippen molar-refractivity contribution in [1.82, 2.24) is 0 Å². The molecule has 2 fully saturated rings. The van der Waals surface area contributed by atoms with Crippen LogP contribution in [0.2, 0.25) is 0 Å². The Labute approximate surface area is 137 Å². The predicted molar refractivity (Wildman–Crippen MR) is 85.4 cm³/mol. The molecule has 3 rings (SSSR count). The quantitative estimate of drug-likeness (QED) is 0.725. The van der Waals surface area contributed by atoms with Gasteiger partial charge in [-0.2, -0.15) is 0 Å². The highest BCUT2D eigenvalue weighted by molar-refractivity contribution is 5.76. The summed E-state index contributed by atoms with van der Waals surface area (Å²) >= 11 is 0. The average Bonchev–Trinajstić information content (AvgIpc) is 3.44. The molecule has 4 heteroatoms. The summed E-state index contributed by atoms with van der Waals surface area (Å²) in [4.78, 5) is 23.6. The summed E-state index contributed by atoms with van der Waals surface area (Å²) in [5, 5.41) is 0. The van der Waals surface area contributed by atoms with E-state index in [0.29, 0.717) is 31.5 Å². The van der Waals surface area contributed by atoms with Gasteiger partial charge in [0.25, 0.3) is 0 Å². The predicted octanol–water partition coefficient (Wildman–Crippen LogP) is 3.13. The lowest BCUT2D eigenvalue weighted by Gasteiger charge is -2.11. The van der Waals surface area contributed by atoms with Crippen molar-refractivity contribution in [3.05, 3.63) is 35.4 Å². The van der Waals surface area contributed by atoms with Crippen molar-refractivity contribution in [2.45, 2.75) is 39.7 Å². The smallest absolute Gasteiger partial charge is 0.309 e. The number of rotatable bonds is 7. The third-order valence-corrected chi connectivity index (χ3v) is 4.93. The number of carbonyl (C=O) groups excluding carboxylic acids is 2. The van der Waals surface area contributed by atoms with Crippen molar-refractivity contribution in [1.29, 1.82) is 0 Å². The van der Waals surface area contributed by atoms with Crippen LogP contribution in [0.25, 0.3) is 0 Å². The Hall–Kier alpha value is -1.84. The van der Waals surface area contributed by atoms with Gasteiger partial charge >= 0.3 is 11.9 Å². The summed E-state index contributed by atoms with van der Waals surface area (Å²) in [6, 6.07) is 7.85. The number of esters is 2. The highest BCUT2D eigenvalue weighted by Crippen LogP contribution is 2.39. The Morgan fingerprint density at radius 2 is 1.48 bits per heavy atom. The molecular formula is C19H24O4. The first-order valence-corrected chi connectivity index (χ1v) is 8.46. The van der Waals surface area contributed by atoms with E-state index in [1.165, 1.54) is 0 Å². The van der Waals surface area contributed by atoms with E-state index in [0.717, 1.165) is 24.0 Å². The van der Waals surface area contributed by atoms with Crippen LogP contribution in [0, 0.1) is 23.7 Å². The monoisotopic (exact) mass is 316 g/mol. The molecule has 4 unspecified atom stereocenters. The van der Waals surface area contributed by atoms with Gasteiger partial charge in [0.2, 0.25) is 0 Å². The molecule has 0 saturated heterocycles. The van der Waals surface area contributed by atoms with Crippen LogP contribution >= 0.6 is 0 Å². The third kappa shape index (κ3) is 4.12. The lowest BCUT2D eigenvalue weighted by molar-refractivity contribution is -0.147. The Bertz CT molecular complexity index is 595. The molecule has 0 amide bonds. The third-order valence-electron chi connectivity index (χ3n) is 4.93. The van der Waals surface area contributed by atoms with Crippen molar-refractivity contribution < 1.29 is 19.1 Å². The number of benzene rings is 1. The molecule has 0 aromatic heterocycles. The fourth-order valence-electron chi connectivity index (χ4n) is 2.87. The molecule has 0 radical (unpaired) electrons. The SMILES string of the molecule is CC1CC1C(=O)OCCc1ccccc1COC(=O)C1CC1C. The molecule has 124 valence electrons. The summed E-state index contributed by atoms with van der Waals surface area (Å²) in [7, 11) is 0. The maximum Gasteiger partial charge on any atom is 0.309 e. The molecule has 23 heavy (non-hydrogen) atoms. The summed E-state index contributed by atoms with van der Waals surface area (Å²) in [5.74, 6) is 0.946. The normalized spacial score (nSPS) is 28.1. The van der Waals surface area contributed by atoms with Gasteiger partial charge in [-0.3, -0.25) is 9.59 Å². The van der Waals surface area contributed by atoms with Crippen LogP contribution in [0.5, 0.6) is 0 Å². The molecule has 0 heterocycles. The summed E-state index contributed by atoms with van der Waals surface area (Å²) in [6.45, 7) is 4.81. The van der Waals surface area contributed by atoms with Crippen LogP contribution in [0.15, 0.2) is 24.3 Å². The molecule has 2 aliphatic rings. The standard InChI is InChI=1S/C19H24O4/c1-12-9-16(12)18(20)22-8-7-14-5-3-4-6-15(14)11-23-19(21)17-10-13(17)2/h3-6,12-13,16-17H,7-11H2,1-2H3. The van der Waals surface area contributed by atoms with Gasteiger partial charge in [-0.1, -0.05) is 38.1 Å². The minimum absolute atomic E-state index is 0.0795. The van der Waals surface area contributed by atoms with Crippen molar-refractivity contribution in [3.63, 3.8) is 0 Å². The van der Waals surface area contributed by atoms with E-state index in [2.05, 4.69) is 13.8 Å². The first kappa shape index (κ1) is 16.0. The van der Waals surface area contributed by atoms with Crippen LogP contribution in [0.3, 0.4) is 0 Å². The first-order valence-electron chi connectivity index (χ1n) is 8.46. The van der Waals surface area contributed by atoms with E-state index in [9.17, 15) is 9.59 Å². The van der Waals surface area contributed by atoms with Gasteiger partial charge in [0.05, 0.1) is 18.4 Å². The second kappa shape index (κ2) is 6.73. The molecule has 4 atom stereocenters. The van der Waals surface area contributed by atoms with E-state index in [-0.39, 0.29) is 23.8 Å².